The number of rotatable bonds is 2. The Balaban J connectivity index is 0.00000162. The van der Waals surface area contributed by atoms with Gasteiger partial charge in [-0.05, 0) is 37.4 Å². The smallest absolute Gasteiger partial charge is 0.255 e. The first-order valence-electron chi connectivity index (χ1n) is 5.96. The second-order valence-corrected chi connectivity index (χ2v) is 5.18. The Morgan fingerprint density at radius 3 is 2.63 bits per heavy atom. The van der Waals surface area contributed by atoms with E-state index < -0.39 is 0 Å². The molecule has 6 heteroatoms. The largest absolute Gasteiger partial charge is 0.338 e. The zero-order chi connectivity index (χ0) is 12.5. The van der Waals surface area contributed by atoms with Gasteiger partial charge in [-0.1, -0.05) is 6.92 Å². The van der Waals surface area contributed by atoms with E-state index in [9.17, 15) is 4.79 Å². The van der Waals surface area contributed by atoms with Crippen molar-refractivity contribution >= 4 is 30.7 Å². The molecule has 108 valence electrons. The highest BCUT2D eigenvalue weighted by Crippen LogP contribution is 2.29. The number of hydrogen-bond donors (Lipinski definition) is 1. The lowest BCUT2D eigenvalue weighted by atomic mass is 9.90. The van der Waals surface area contributed by atoms with Crippen LogP contribution in [0.25, 0.3) is 0 Å². The number of carbonyl (C=O) groups is 1. The molecule has 2 heterocycles. The highest BCUT2D eigenvalue weighted by molar-refractivity contribution is 5.94. The van der Waals surface area contributed by atoms with Crippen molar-refractivity contribution in [2.75, 3.05) is 19.6 Å². The number of nitrogens with two attached hydrogens (primary N) is 1. The van der Waals surface area contributed by atoms with Gasteiger partial charge >= 0.3 is 0 Å². The number of halogens is 2. The number of hydrogen-bond acceptors (Lipinski definition) is 3. The van der Waals surface area contributed by atoms with Crippen LogP contribution in [0.1, 0.15) is 29.4 Å². The van der Waals surface area contributed by atoms with Crippen LogP contribution < -0.4 is 5.73 Å². The molecule has 4 nitrogen and oxygen atoms in total. The molecule has 0 spiro atoms. The topological polar surface area (TPSA) is 59.2 Å². The maximum absolute atomic E-state index is 12.2. The van der Waals surface area contributed by atoms with Crippen LogP contribution in [-0.4, -0.2) is 35.4 Å². The Bertz CT molecular complexity index is 424. The molecule has 1 unspecified atom stereocenters. The lowest BCUT2D eigenvalue weighted by Gasteiger charge is -2.22. The van der Waals surface area contributed by atoms with Crippen molar-refractivity contribution in [3.8, 4) is 0 Å². The zero-order valence-corrected chi connectivity index (χ0v) is 12.9. The van der Waals surface area contributed by atoms with Crippen molar-refractivity contribution in [3.63, 3.8) is 0 Å². The van der Waals surface area contributed by atoms with E-state index in [1.54, 1.807) is 6.20 Å². The molecule has 1 aromatic rings. The highest BCUT2D eigenvalue weighted by Gasteiger charge is 2.35. The summed E-state index contributed by atoms with van der Waals surface area (Å²) in [5.74, 6) is 0.0645. The molecule has 2 rings (SSSR count). The van der Waals surface area contributed by atoms with Crippen molar-refractivity contribution in [3.05, 3.63) is 29.6 Å². The quantitative estimate of drug-likeness (QED) is 0.909. The van der Waals surface area contributed by atoms with Crippen molar-refractivity contribution in [1.29, 1.82) is 0 Å². The van der Waals surface area contributed by atoms with E-state index in [0.29, 0.717) is 12.1 Å². The van der Waals surface area contributed by atoms with Crippen molar-refractivity contribution in [2.45, 2.75) is 20.3 Å². The van der Waals surface area contributed by atoms with Gasteiger partial charge in [-0.15, -0.1) is 24.8 Å². The van der Waals surface area contributed by atoms with Gasteiger partial charge in [-0.2, -0.15) is 0 Å². The van der Waals surface area contributed by atoms with Crippen LogP contribution in [0.2, 0.25) is 0 Å². The van der Waals surface area contributed by atoms with Gasteiger partial charge in [-0.25, -0.2) is 0 Å². The number of pyridine rings is 1. The number of likely N-dealkylation sites (tertiary alicyclic amines) is 1. The summed E-state index contributed by atoms with van der Waals surface area (Å²) in [7, 11) is 0. The van der Waals surface area contributed by atoms with Crippen LogP contribution >= 0.6 is 24.8 Å². The molecule has 1 amide bonds. The monoisotopic (exact) mass is 305 g/mol. The summed E-state index contributed by atoms with van der Waals surface area (Å²) in [6.45, 7) is 6.21. The van der Waals surface area contributed by atoms with Crippen LogP contribution in [0, 0.1) is 12.3 Å². The van der Waals surface area contributed by atoms with E-state index in [4.69, 9.17) is 5.73 Å². The highest BCUT2D eigenvalue weighted by atomic mass is 35.5. The Morgan fingerprint density at radius 2 is 2.16 bits per heavy atom. The summed E-state index contributed by atoms with van der Waals surface area (Å²) in [5, 5.41) is 0. The van der Waals surface area contributed by atoms with E-state index in [2.05, 4.69) is 11.9 Å². The Hall–Kier alpha value is -0.840. The van der Waals surface area contributed by atoms with E-state index in [1.165, 1.54) is 0 Å². The summed E-state index contributed by atoms with van der Waals surface area (Å²) in [4.78, 5) is 18.2. The van der Waals surface area contributed by atoms with Gasteiger partial charge in [0.2, 0.25) is 0 Å². The minimum atomic E-state index is 0. The summed E-state index contributed by atoms with van der Waals surface area (Å²) < 4.78 is 0. The molecule has 1 aliphatic rings. The molecule has 0 radical (unpaired) electrons. The molecular weight excluding hydrogens is 285 g/mol. The second-order valence-electron chi connectivity index (χ2n) is 5.18. The molecule has 0 aliphatic carbocycles. The van der Waals surface area contributed by atoms with E-state index >= 15 is 0 Å². The third kappa shape index (κ3) is 4.06. The Labute approximate surface area is 126 Å². The number of amides is 1. The van der Waals surface area contributed by atoms with Gasteiger partial charge in [0, 0.05) is 25.0 Å². The van der Waals surface area contributed by atoms with Gasteiger partial charge < -0.3 is 10.6 Å². The van der Waals surface area contributed by atoms with E-state index in [0.717, 1.165) is 25.2 Å². The Kier molecular flexibility index (Phi) is 6.77. The van der Waals surface area contributed by atoms with Crippen molar-refractivity contribution in [2.24, 2.45) is 11.1 Å². The summed E-state index contributed by atoms with van der Waals surface area (Å²) >= 11 is 0. The predicted molar refractivity (Wildman–Crippen MR) is 81.2 cm³/mol. The Morgan fingerprint density at radius 1 is 1.47 bits per heavy atom. The second kappa shape index (κ2) is 7.08. The fraction of sp³-hybridized carbons (Fsp3) is 0.538. The van der Waals surface area contributed by atoms with Gasteiger partial charge in [0.05, 0.1) is 5.56 Å². The fourth-order valence-electron chi connectivity index (χ4n) is 2.14. The van der Waals surface area contributed by atoms with Crippen LogP contribution in [0.5, 0.6) is 0 Å². The minimum absolute atomic E-state index is 0. The molecule has 1 saturated heterocycles. The molecule has 2 N–H and O–H groups in total. The predicted octanol–water partition coefficient (Wildman–Crippen LogP) is 2.04. The standard InChI is InChI=1S/C13H19N3O.2ClH/c1-10-3-4-11(7-15-10)12(17)16-6-5-13(2,8-14)9-16;;/h3-4,7H,5-6,8-9,14H2,1-2H3;2*1H. The van der Waals surface area contributed by atoms with E-state index in [1.807, 2.05) is 24.0 Å². The minimum Gasteiger partial charge on any atom is -0.338 e. The molecule has 0 bridgehead atoms. The maximum Gasteiger partial charge on any atom is 0.255 e. The first-order valence-corrected chi connectivity index (χ1v) is 5.96. The lowest BCUT2D eigenvalue weighted by Crippen LogP contribution is -2.34. The summed E-state index contributed by atoms with van der Waals surface area (Å²) in [6, 6.07) is 3.70. The van der Waals surface area contributed by atoms with Gasteiger partial charge in [-0.3, -0.25) is 9.78 Å². The molecule has 0 aromatic carbocycles. The third-order valence-corrected chi connectivity index (χ3v) is 3.50. The SMILES string of the molecule is Cc1ccc(C(=O)N2CCC(C)(CN)C2)cn1.Cl.Cl. The van der Waals surface area contributed by atoms with Crippen LogP contribution in [0.3, 0.4) is 0 Å². The normalized spacial score (nSPS) is 21.5. The number of aromatic nitrogens is 1. The van der Waals surface area contributed by atoms with Crippen LogP contribution in [0.4, 0.5) is 0 Å². The summed E-state index contributed by atoms with van der Waals surface area (Å²) in [5.41, 5.74) is 7.41. The lowest BCUT2D eigenvalue weighted by molar-refractivity contribution is 0.0776. The number of aryl methyl sites for hydroxylation is 1. The molecule has 1 atom stereocenters. The average molecular weight is 306 g/mol. The van der Waals surface area contributed by atoms with Gasteiger partial charge in [0.25, 0.3) is 5.91 Å². The van der Waals surface area contributed by atoms with Gasteiger partial charge in [0.15, 0.2) is 0 Å². The van der Waals surface area contributed by atoms with Gasteiger partial charge in [0.1, 0.15) is 0 Å². The molecule has 1 aliphatic heterocycles. The zero-order valence-electron chi connectivity index (χ0n) is 11.3. The third-order valence-electron chi connectivity index (χ3n) is 3.50. The van der Waals surface area contributed by atoms with Crippen molar-refractivity contribution in [1.82, 2.24) is 9.88 Å². The fourth-order valence-corrected chi connectivity index (χ4v) is 2.14. The average Bonchev–Trinajstić information content (AvgIpc) is 2.73. The molecule has 19 heavy (non-hydrogen) atoms. The molecule has 1 aromatic heterocycles. The van der Waals surface area contributed by atoms with E-state index in [-0.39, 0.29) is 36.1 Å². The first-order chi connectivity index (χ1) is 8.04. The van der Waals surface area contributed by atoms with Crippen molar-refractivity contribution < 1.29 is 4.79 Å². The van der Waals surface area contributed by atoms with Crippen LogP contribution in [-0.2, 0) is 0 Å². The number of nitrogens with zero attached hydrogens (tertiary/aromatic N) is 2. The molecule has 1 fully saturated rings. The maximum atomic E-state index is 12.2. The van der Waals surface area contributed by atoms with Crippen LogP contribution in [0.15, 0.2) is 18.3 Å². The summed E-state index contributed by atoms with van der Waals surface area (Å²) in [6.07, 6.45) is 2.63. The first kappa shape index (κ1) is 18.2. The molecule has 0 saturated carbocycles. The molecular formula is C13H21Cl2N3O. The number of carbonyl (C=O) groups excluding carboxylic acids is 1.